The van der Waals surface area contributed by atoms with Gasteiger partial charge in [-0.1, -0.05) is 28.3 Å². The van der Waals surface area contributed by atoms with Gasteiger partial charge in [-0.2, -0.15) is 10.2 Å². The van der Waals surface area contributed by atoms with Crippen LogP contribution in [0.5, 0.6) is 0 Å². The average molecular weight is 427 g/mol. The van der Waals surface area contributed by atoms with Gasteiger partial charge in [0.25, 0.3) is 11.8 Å². The highest BCUT2D eigenvalue weighted by Gasteiger charge is 2.56. The van der Waals surface area contributed by atoms with Crippen LogP contribution in [0.25, 0.3) is 10.9 Å². The lowest BCUT2D eigenvalue weighted by atomic mass is 10.1. The second kappa shape index (κ2) is 7.79. The molecule has 8 nitrogen and oxygen atoms in total. The quantitative estimate of drug-likeness (QED) is 0.563. The number of likely N-dealkylation sites (tertiary alicyclic amines) is 1. The first-order valence-electron chi connectivity index (χ1n) is 10.4. The molecule has 1 saturated carbocycles. The van der Waals surface area contributed by atoms with Gasteiger partial charge in [0.15, 0.2) is 5.69 Å². The van der Waals surface area contributed by atoms with E-state index in [2.05, 4.69) is 5.10 Å². The number of fused-ring (bicyclic) bond motifs is 2. The Hall–Kier alpha value is -3.23. The van der Waals surface area contributed by atoms with Crippen LogP contribution < -0.4 is 5.73 Å². The van der Waals surface area contributed by atoms with E-state index in [0.717, 1.165) is 17.6 Å². The lowest BCUT2D eigenvalue weighted by Gasteiger charge is -2.28. The number of allylic oxidation sites excluding steroid dienone is 1. The zero-order valence-electron chi connectivity index (χ0n) is 17.8. The summed E-state index contributed by atoms with van der Waals surface area (Å²) in [6.07, 6.45) is 2.92. The Morgan fingerprint density at radius 2 is 2.03 bits per heavy atom. The summed E-state index contributed by atoms with van der Waals surface area (Å²) in [6, 6.07) is 4.57. The first kappa shape index (κ1) is 21.0. The number of rotatable bonds is 6. The van der Waals surface area contributed by atoms with Crippen molar-refractivity contribution < 1.29 is 18.9 Å². The Bertz CT molecular complexity index is 1100. The molecule has 4 rings (SSSR count). The summed E-state index contributed by atoms with van der Waals surface area (Å²) < 4.78 is 15.8. The van der Waals surface area contributed by atoms with Crippen LogP contribution in [0, 0.1) is 12.8 Å². The Labute approximate surface area is 179 Å². The van der Waals surface area contributed by atoms with Gasteiger partial charge in [0.05, 0.1) is 12.1 Å². The number of benzene rings is 1. The standard InChI is InChI=1S/C22H26FN5O3/c1-12(2)6-7-26(23)22(31)18-10-14-9-16(14)28(18)19(29)11-27-17-8-13(3)4-5-15(17)20(25-27)21(24)30/h4-6,8,14,16,18H,7,9-11H2,1-3H3,(H2,24,30)/t14-,16-,18+/m1/s1. The molecule has 0 spiro atoms. The molecule has 0 radical (unpaired) electrons. The van der Waals surface area contributed by atoms with E-state index in [4.69, 9.17) is 5.73 Å². The Kier molecular flexibility index (Phi) is 5.28. The molecule has 3 atom stereocenters. The van der Waals surface area contributed by atoms with Crippen molar-refractivity contribution in [3.8, 4) is 0 Å². The molecule has 1 aromatic heterocycles. The molecule has 1 aliphatic carbocycles. The molecule has 1 aromatic carbocycles. The maximum atomic E-state index is 14.4. The zero-order chi connectivity index (χ0) is 22.4. The molecule has 31 heavy (non-hydrogen) atoms. The molecule has 2 heterocycles. The number of primary amides is 1. The van der Waals surface area contributed by atoms with E-state index < -0.39 is 17.9 Å². The van der Waals surface area contributed by atoms with Gasteiger partial charge < -0.3 is 10.6 Å². The average Bonchev–Trinajstić information content (AvgIpc) is 3.22. The van der Waals surface area contributed by atoms with Crippen molar-refractivity contribution in [2.45, 2.75) is 52.2 Å². The fourth-order valence-corrected chi connectivity index (χ4v) is 4.35. The summed E-state index contributed by atoms with van der Waals surface area (Å²) in [5.41, 5.74) is 8.02. The highest BCUT2D eigenvalue weighted by Crippen LogP contribution is 2.48. The van der Waals surface area contributed by atoms with Gasteiger partial charge in [-0.25, -0.2) is 0 Å². The number of nitrogens with zero attached hydrogens (tertiary/aromatic N) is 4. The molecule has 2 aliphatic rings. The van der Waals surface area contributed by atoms with Gasteiger partial charge in [0.1, 0.15) is 12.6 Å². The van der Waals surface area contributed by atoms with E-state index >= 15 is 0 Å². The van der Waals surface area contributed by atoms with Crippen LogP contribution >= 0.6 is 0 Å². The van der Waals surface area contributed by atoms with Crippen LogP contribution in [0.4, 0.5) is 4.48 Å². The minimum atomic E-state index is -0.814. The summed E-state index contributed by atoms with van der Waals surface area (Å²) in [7, 11) is 0. The number of nitrogens with two attached hydrogens (primary N) is 1. The number of piperidine rings is 1. The van der Waals surface area contributed by atoms with Gasteiger partial charge in [-0.05, 0) is 51.2 Å². The van der Waals surface area contributed by atoms with Crippen molar-refractivity contribution in [3.63, 3.8) is 0 Å². The second-order valence-corrected chi connectivity index (χ2v) is 8.67. The fraction of sp³-hybridized carbons (Fsp3) is 0.455. The van der Waals surface area contributed by atoms with E-state index in [0.29, 0.717) is 17.3 Å². The molecule has 0 unspecified atom stereocenters. The van der Waals surface area contributed by atoms with Crippen molar-refractivity contribution in [3.05, 3.63) is 41.1 Å². The second-order valence-electron chi connectivity index (χ2n) is 8.67. The van der Waals surface area contributed by atoms with E-state index in [1.165, 1.54) is 9.58 Å². The number of carbonyl (C=O) groups excluding carboxylic acids is 3. The molecule has 9 heteroatoms. The van der Waals surface area contributed by atoms with Gasteiger partial charge in [0.2, 0.25) is 5.91 Å². The van der Waals surface area contributed by atoms with Crippen LogP contribution in [0.1, 0.15) is 42.7 Å². The maximum Gasteiger partial charge on any atom is 0.273 e. The summed E-state index contributed by atoms with van der Waals surface area (Å²) >= 11 is 0. The zero-order valence-corrected chi connectivity index (χ0v) is 17.8. The van der Waals surface area contributed by atoms with Crippen LogP contribution in [-0.2, 0) is 16.1 Å². The van der Waals surface area contributed by atoms with Crippen LogP contribution in [0.3, 0.4) is 0 Å². The van der Waals surface area contributed by atoms with Crippen molar-refractivity contribution >= 4 is 28.6 Å². The molecule has 3 amide bonds. The maximum absolute atomic E-state index is 14.4. The highest BCUT2D eigenvalue weighted by molar-refractivity contribution is 6.04. The number of hydrogen-bond donors (Lipinski definition) is 1. The van der Waals surface area contributed by atoms with Gasteiger partial charge in [-0.15, -0.1) is 0 Å². The van der Waals surface area contributed by atoms with Crippen molar-refractivity contribution in [1.82, 2.24) is 19.8 Å². The summed E-state index contributed by atoms with van der Waals surface area (Å²) in [4.78, 5) is 39.2. The third kappa shape index (κ3) is 3.92. The monoisotopic (exact) mass is 427 g/mol. The summed E-state index contributed by atoms with van der Waals surface area (Å²) in [5, 5.41) is 5.00. The lowest BCUT2D eigenvalue weighted by molar-refractivity contribution is -0.155. The molecule has 164 valence electrons. The molecule has 1 aliphatic heterocycles. The topological polar surface area (TPSA) is 102 Å². The number of aromatic nitrogens is 2. The molecule has 0 bridgehead atoms. The predicted molar refractivity (Wildman–Crippen MR) is 112 cm³/mol. The Morgan fingerprint density at radius 1 is 1.29 bits per heavy atom. The van der Waals surface area contributed by atoms with E-state index in [-0.39, 0.29) is 41.8 Å². The van der Waals surface area contributed by atoms with E-state index in [1.807, 2.05) is 32.9 Å². The predicted octanol–water partition coefficient (Wildman–Crippen LogP) is 2.11. The van der Waals surface area contributed by atoms with Crippen molar-refractivity contribution in [2.24, 2.45) is 11.7 Å². The van der Waals surface area contributed by atoms with E-state index in [9.17, 15) is 18.9 Å². The Morgan fingerprint density at radius 3 is 2.71 bits per heavy atom. The number of carbonyl (C=O) groups is 3. The molecular formula is C22H26FN5O3. The van der Waals surface area contributed by atoms with Crippen molar-refractivity contribution in [2.75, 3.05) is 6.54 Å². The summed E-state index contributed by atoms with van der Waals surface area (Å²) in [6.45, 7) is 5.26. The molecule has 2 N–H and O–H groups in total. The normalized spacial score (nSPS) is 21.7. The van der Waals surface area contributed by atoms with Crippen LogP contribution in [0.2, 0.25) is 0 Å². The minimum absolute atomic E-state index is 0.0440. The van der Waals surface area contributed by atoms with Gasteiger partial charge in [0, 0.05) is 11.4 Å². The first-order chi connectivity index (χ1) is 14.7. The fourth-order valence-electron chi connectivity index (χ4n) is 4.35. The van der Waals surface area contributed by atoms with Crippen LogP contribution in [0.15, 0.2) is 29.8 Å². The third-order valence-electron chi connectivity index (χ3n) is 6.00. The third-order valence-corrected chi connectivity index (χ3v) is 6.00. The van der Waals surface area contributed by atoms with Gasteiger partial charge >= 0.3 is 0 Å². The number of halogens is 1. The number of hydrogen-bond acceptors (Lipinski definition) is 4. The van der Waals surface area contributed by atoms with Gasteiger partial charge in [-0.3, -0.25) is 19.1 Å². The smallest absolute Gasteiger partial charge is 0.273 e. The van der Waals surface area contributed by atoms with E-state index in [1.54, 1.807) is 12.1 Å². The molecule has 2 aromatic rings. The van der Waals surface area contributed by atoms with Crippen molar-refractivity contribution in [1.29, 1.82) is 0 Å². The highest BCUT2D eigenvalue weighted by atomic mass is 19.2. The minimum Gasteiger partial charge on any atom is -0.364 e. The SMILES string of the molecule is CC(C)=CCN(F)C(=O)[C@@H]1C[C@H]2C[C@H]2N1C(=O)Cn1nc(C(N)=O)c2ccc(C)cc21. The molecule has 2 fully saturated rings. The summed E-state index contributed by atoms with van der Waals surface area (Å²) in [5.74, 6) is -1.46. The largest absolute Gasteiger partial charge is 0.364 e. The lowest BCUT2D eigenvalue weighted by Crippen LogP contribution is -2.48. The molecule has 1 saturated heterocycles. The Balaban J connectivity index is 1.58. The first-order valence-corrected chi connectivity index (χ1v) is 10.4. The number of amides is 3. The van der Waals surface area contributed by atoms with Crippen LogP contribution in [-0.4, -0.2) is 56.2 Å². The molecular weight excluding hydrogens is 401 g/mol. The number of aryl methyl sites for hydroxylation is 1.